The van der Waals surface area contributed by atoms with Crippen LogP contribution in [0.5, 0.6) is 0 Å². The van der Waals surface area contributed by atoms with Crippen molar-refractivity contribution in [1.29, 1.82) is 0 Å². The highest BCUT2D eigenvalue weighted by molar-refractivity contribution is 7.80. The molecule has 142 valence electrons. The number of nitrogens with one attached hydrogen (secondary N) is 1. The molecule has 0 bridgehead atoms. The van der Waals surface area contributed by atoms with Crippen molar-refractivity contribution in [2.75, 3.05) is 13.6 Å². The third kappa shape index (κ3) is 6.32. The zero-order valence-electron chi connectivity index (χ0n) is 13.9. The van der Waals surface area contributed by atoms with Crippen molar-refractivity contribution in [2.45, 2.75) is 50.6 Å². The maximum absolute atomic E-state index is 11.6. The third-order valence-electron chi connectivity index (χ3n) is 3.85. The van der Waals surface area contributed by atoms with E-state index in [1.807, 2.05) is 7.05 Å². The first-order valence-electron chi connectivity index (χ1n) is 7.99. The lowest BCUT2D eigenvalue weighted by atomic mass is 10.0. The van der Waals surface area contributed by atoms with Crippen LogP contribution in [0.3, 0.4) is 0 Å². The Morgan fingerprint density at radius 3 is 2.88 bits per heavy atom. The molecule has 0 aliphatic carbocycles. The van der Waals surface area contributed by atoms with Crippen LogP contribution in [0.1, 0.15) is 37.5 Å². The Hall–Kier alpha value is -1.60. The van der Waals surface area contributed by atoms with E-state index in [0.29, 0.717) is 48.9 Å². The molecule has 11 nitrogen and oxygen atoms in total. The summed E-state index contributed by atoms with van der Waals surface area (Å²) < 4.78 is 40.2. The molecule has 4 N–H and O–H groups in total. The fourth-order valence-corrected chi connectivity index (χ4v) is 3.03. The first-order valence-corrected chi connectivity index (χ1v) is 9.35. The second kappa shape index (κ2) is 8.67. The quantitative estimate of drug-likeness (QED) is 0.440. The highest BCUT2D eigenvalue weighted by atomic mass is 32.3. The number of hydrogen-bond donors (Lipinski definition) is 3. The van der Waals surface area contributed by atoms with Crippen molar-refractivity contribution in [3.63, 3.8) is 0 Å². The fourth-order valence-electron chi connectivity index (χ4n) is 2.62. The van der Waals surface area contributed by atoms with E-state index in [1.54, 1.807) is 0 Å². The highest BCUT2D eigenvalue weighted by Crippen LogP contribution is 2.24. The average molecular weight is 377 g/mol. The third-order valence-corrected chi connectivity index (χ3v) is 4.20. The molecule has 1 aromatic rings. The molecule has 25 heavy (non-hydrogen) atoms. The van der Waals surface area contributed by atoms with Gasteiger partial charge in [0.05, 0.1) is 6.04 Å². The van der Waals surface area contributed by atoms with Gasteiger partial charge in [-0.1, -0.05) is 0 Å². The van der Waals surface area contributed by atoms with E-state index in [1.165, 1.54) is 0 Å². The Bertz CT molecular complexity index is 678. The Kier molecular flexibility index (Phi) is 6.84. The molecule has 2 atom stereocenters. The van der Waals surface area contributed by atoms with Gasteiger partial charge in [-0.3, -0.25) is 9.35 Å². The van der Waals surface area contributed by atoms with Crippen molar-refractivity contribution in [3.05, 3.63) is 11.8 Å². The lowest BCUT2D eigenvalue weighted by Gasteiger charge is -2.22. The Balaban J connectivity index is 1.81. The van der Waals surface area contributed by atoms with Gasteiger partial charge in [-0.15, -0.1) is 14.5 Å². The molecule has 0 aromatic carbocycles. The van der Waals surface area contributed by atoms with Gasteiger partial charge in [-0.05, 0) is 26.3 Å². The SMILES string of the molecule is CNCCc1nnc(C[C@@H](N)CC[C@@H]2CCC(=O)N2OS(=O)(=O)O)o1. The van der Waals surface area contributed by atoms with Crippen LogP contribution in [-0.4, -0.2) is 59.8 Å². The summed E-state index contributed by atoms with van der Waals surface area (Å²) in [5, 5.41) is 11.6. The second-order valence-electron chi connectivity index (χ2n) is 5.90. The smallest absolute Gasteiger partial charge is 0.418 e. The van der Waals surface area contributed by atoms with Gasteiger partial charge < -0.3 is 15.5 Å². The fraction of sp³-hybridized carbons (Fsp3) is 0.769. The number of amides is 1. The highest BCUT2D eigenvalue weighted by Gasteiger charge is 2.35. The number of carbonyl (C=O) groups excluding carboxylic acids is 1. The summed E-state index contributed by atoms with van der Waals surface area (Å²) in [6.45, 7) is 0.729. The van der Waals surface area contributed by atoms with E-state index in [0.717, 1.165) is 6.54 Å². The number of hydrogen-bond acceptors (Lipinski definition) is 9. The molecule has 1 amide bonds. The summed E-state index contributed by atoms with van der Waals surface area (Å²) in [5.41, 5.74) is 6.05. The van der Waals surface area contributed by atoms with E-state index >= 15 is 0 Å². The molecule has 1 fully saturated rings. The average Bonchev–Trinajstić information content (AvgIpc) is 3.10. The minimum atomic E-state index is -4.73. The van der Waals surface area contributed by atoms with Gasteiger partial charge in [-0.25, -0.2) is 0 Å². The molecule has 1 aliphatic rings. The zero-order valence-corrected chi connectivity index (χ0v) is 14.7. The first kappa shape index (κ1) is 19.7. The zero-order chi connectivity index (χ0) is 18.4. The predicted molar refractivity (Wildman–Crippen MR) is 85.3 cm³/mol. The molecule has 2 rings (SSSR count). The van der Waals surface area contributed by atoms with Crippen LogP contribution in [0, 0.1) is 0 Å². The Morgan fingerprint density at radius 2 is 2.20 bits per heavy atom. The summed E-state index contributed by atoms with van der Waals surface area (Å²) in [6.07, 6.45) is 2.54. The van der Waals surface area contributed by atoms with Crippen molar-refractivity contribution >= 4 is 16.3 Å². The number of aromatic nitrogens is 2. The maximum Gasteiger partial charge on any atom is 0.418 e. The number of likely N-dealkylation sites (N-methyl/N-ethyl adjacent to an activating group) is 1. The van der Waals surface area contributed by atoms with E-state index in [9.17, 15) is 13.2 Å². The van der Waals surface area contributed by atoms with Crippen molar-refractivity contribution in [1.82, 2.24) is 20.6 Å². The van der Waals surface area contributed by atoms with Gasteiger partial charge in [0.2, 0.25) is 17.7 Å². The maximum atomic E-state index is 11.6. The minimum Gasteiger partial charge on any atom is -0.425 e. The molecular formula is C13H23N5O6S. The van der Waals surface area contributed by atoms with Crippen LogP contribution >= 0.6 is 0 Å². The number of hydroxylamine groups is 2. The van der Waals surface area contributed by atoms with Crippen molar-refractivity contribution in [2.24, 2.45) is 5.73 Å². The molecule has 0 saturated carbocycles. The van der Waals surface area contributed by atoms with Gasteiger partial charge in [-0.2, -0.15) is 13.5 Å². The summed E-state index contributed by atoms with van der Waals surface area (Å²) in [4.78, 5) is 11.6. The number of nitrogens with two attached hydrogens (primary N) is 1. The molecule has 0 spiro atoms. The molecule has 0 unspecified atom stereocenters. The summed E-state index contributed by atoms with van der Waals surface area (Å²) >= 11 is 0. The topological polar surface area (TPSA) is 161 Å². The van der Waals surface area contributed by atoms with E-state index in [4.69, 9.17) is 14.7 Å². The summed E-state index contributed by atoms with van der Waals surface area (Å²) in [5.74, 6) is 0.486. The van der Waals surface area contributed by atoms with Gasteiger partial charge in [0.15, 0.2) is 0 Å². The van der Waals surface area contributed by atoms with E-state index < -0.39 is 22.3 Å². The van der Waals surface area contributed by atoms with Gasteiger partial charge in [0.1, 0.15) is 0 Å². The molecule has 0 radical (unpaired) electrons. The summed E-state index contributed by atoms with van der Waals surface area (Å²) in [7, 11) is -2.90. The van der Waals surface area contributed by atoms with Crippen LogP contribution in [-0.2, 0) is 32.3 Å². The number of nitrogens with zero attached hydrogens (tertiary/aromatic N) is 3. The number of carbonyl (C=O) groups is 1. The number of rotatable bonds is 10. The van der Waals surface area contributed by atoms with Crippen LogP contribution in [0.2, 0.25) is 0 Å². The molecule has 12 heteroatoms. The van der Waals surface area contributed by atoms with Crippen LogP contribution < -0.4 is 11.1 Å². The lowest BCUT2D eigenvalue weighted by molar-refractivity contribution is -0.157. The second-order valence-corrected chi connectivity index (χ2v) is 6.90. The molecular weight excluding hydrogens is 354 g/mol. The molecule has 1 aliphatic heterocycles. The van der Waals surface area contributed by atoms with Crippen LogP contribution in [0.15, 0.2) is 4.42 Å². The molecule has 1 aromatic heterocycles. The van der Waals surface area contributed by atoms with Gasteiger partial charge in [0.25, 0.3) is 0 Å². The largest absolute Gasteiger partial charge is 0.425 e. The molecule has 1 saturated heterocycles. The standard InChI is InChI=1S/C13H23N5O6S/c1-15-7-6-11-16-17-12(23-11)8-9(14)2-3-10-4-5-13(19)18(10)24-25(20,21)22/h9-10,15H,2-8,14H2,1H3,(H,20,21,22)/t9-,10+/m0/s1. The monoisotopic (exact) mass is 377 g/mol. The molecule has 2 heterocycles. The first-order chi connectivity index (χ1) is 11.8. The van der Waals surface area contributed by atoms with E-state index in [2.05, 4.69) is 19.8 Å². The van der Waals surface area contributed by atoms with E-state index in [-0.39, 0.29) is 12.5 Å². The lowest BCUT2D eigenvalue weighted by Crippen LogP contribution is -2.36. The van der Waals surface area contributed by atoms with Gasteiger partial charge in [0, 0.05) is 31.8 Å². The normalized spacial score (nSPS) is 19.6. The Labute approximate surface area is 145 Å². The predicted octanol–water partition coefficient (Wildman–Crippen LogP) is -0.793. The Morgan fingerprint density at radius 1 is 1.48 bits per heavy atom. The van der Waals surface area contributed by atoms with Gasteiger partial charge >= 0.3 is 10.4 Å². The van der Waals surface area contributed by atoms with Crippen LogP contribution in [0.25, 0.3) is 0 Å². The van der Waals surface area contributed by atoms with Crippen molar-refractivity contribution < 1.29 is 26.5 Å². The minimum absolute atomic E-state index is 0.161. The summed E-state index contributed by atoms with van der Waals surface area (Å²) in [6, 6.07) is -0.741. The van der Waals surface area contributed by atoms with Crippen LogP contribution in [0.4, 0.5) is 0 Å². The van der Waals surface area contributed by atoms with Crippen molar-refractivity contribution in [3.8, 4) is 0 Å².